The van der Waals surface area contributed by atoms with Gasteiger partial charge in [-0.05, 0) is 48.1 Å². The number of benzene rings is 2. The average molecular weight is 422 g/mol. The van der Waals surface area contributed by atoms with Gasteiger partial charge in [-0.1, -0.05) is 51.1 Å². The minimum absolute atomic E-state index is 0.00898. The van der Waals surface area contributed by atoms with Crippen LogP contribution in [0.4, 0.5) is 5.69 Å². The van der Waals surface area contributed by atoms with Crippen molar-refractivity contribution in [3.8, 4) is 0 Å². The maximum absolute atomic E-state index is 12.5. The van der Waals surface area contributed by atoms with Crippen LogP contribution in [0, 0.1) is 5.92 Å². The van der Waals surface area contributed by atoms with E-state index < -0.39 is 0 Å². The molecular formula is C25H31N3O3. The van der Waals surface area contributed by atoms with Crippen molar-refractivity contribution < 1.29 is 14.4 Å². The number of hydrogen-bond donors (Lipinski definition) is 2. The molecule has 1 aliphatic rings. The Balaban J connectivity index is 1.43. The van der Waals surface area contributed by atoms with E-state index in [2.05, 4.69) is 31.4 Å². The van der Waals surface area contributed by atoms with Crippen molar-refractivity contribution in [2.45, 2.75) is 39.0 Å². The van der Waals surface area contributed by atoms with Crippen molar-refractivity contribution in [2.75, 3.05) is 25.0 Å². The van der Waals surface area contributed by atoms with Gasteiger partial charge >= 0.3 is 0 Å². The summed E-state index contributed by atoms with van der Waals surface area (Å²) in [6.45, 7) is 7.35. The molecule has 0 aromatic heterocycles. The molecular weight excluding hydrogens is 390 g/mol. The van der Waals surface area contributed by atoms with Gasteiger partial charge in [0, 0.05) is 30.3 Å². The summed E-state index contributed by atoms with van der Waals surface area (Å²) in [5, 5.41) is 5.64. The second-order valence-electron chi connectivity index (χ2n) is 9.02. The van der Waals surface area contributed by atoms with Gasteiger partial charge in [0.1, 0.15) is 0 Å². The number of nitrogens with zero attached hydrogens (tertiary/aromatic N) is 1. The summed E-state index contributed by atoms with van der Waals surface area (Å²) in [5.41, 5.74) is 2.50. The molecule has 0 bridgehead atoms. The lowest BCUT2D eigenvalue weighted by Crippen LogP contribution is -2.45. The van der Waals surface area contributed by atoms with Crippen LogP contribution >= 0.6 is 0 Å². The number of nitrogens with one attached hydrogen (secondary N) is 2. The molecule has 0 radical (unpaired) electrons. The molecule has 31 heavy (non-hydrogen) atoms. The van der Waals surface area contributed by atoms with Gasteiger partial charge in [0.25, 0.3) is 5.91 Å². The smallest absolute Gasteiger partial charge is 0.251 e. The molecule has 0 aliphatic carbocycles. The lowest BCUT2D eigenvalue weighted by Gasteiger charge is -2.31. The van der Waals surface area contributed by atoms with Crippen molar-refractivity contribution in [1.29, 1.82) is 0 Å². The summed E-state index contributed by atoms with van der Waals surface area (Å²) in [5.74, 6) is -0.502. The third kappa shape index (κ3) is 6.17. The third-order valence-electron chi connectivity index (χ3n) is 5.67. The largest absolute Gasteiger partial charge is 0.343 e. The van der Waals surface area contributed by atoms with Crippen LogP contribution in [0.5, 0.6) is 0 Å². The van der Waals surface area contributed by atoms with E-state index in [-0.39, 0.29) is 35.6 Å². The molecule has 1 heterocycles. The summed E-state index contributed by atoms with van der Waals surface area (Å²) < 4.78 is 0. The van der Waals surface area contributed by atoms with Crippen LogP contribution < -0.4 is 10.6 Å². The Kier molecular flexibility index (Phi) is 7.10. The van der Waals surface area contributed by atoms with E-state index in [0.717, 1.165) is 11.3 Å². The third-order valence-corrected chi connectivity index (χ3v) is 5.67. The zero-order chi connectivity index (χ0) is 22.4. The van der Waals surface area contributed by atoms with E-state index in [1.807, 2.05) is 42.5 Å². The van der Waals surface area contributed by atoms with Crippen molar-refractivity contribution in [3.63, 3.8) is 0 Å². The number of hydrogen-bond acceptors (Lipinski definition) is 3. The molecule has 2 aromatic rings. The molecule has 0 atom stereocenters. The zero-order valence-corrected chi connectivity index (χ0v) is 18.5. The summed E-state index contributed by atoms with van der Waals surface area (Å²) in [4.78, 5) is 39.0. The number of anilines is 1. The highest BCUT2D eigenvalue weighted by Gasteiger charge is 2.27. The van der Waals surface area contributed by atoms with E-state index in [9.17, 15) is 14.4 Å². The van der Waals surface area contributed by atoms with Crippen molar-refractivity contribution >= 4 is 23.4 Å². The molecule has 0 spiro atoms. The predicted molar refractivity (Wildman–Crippen MR) is 122 cm³/mol. The lowest BCUT2D eigenvalue weighted by atomic mass is 9.87. The van der Waals surface area contributed by atoms with Crippen molar-refractivity contribution in [2.24, 2.45) is 5.92 Å². The SMILES string of the molecule is CC(C)(C)c1ccc(C(=O)NCC(=O)N2CCC(C(=O)Nc3ccccc3)CC2)cc1. The van der Waals surface area contributed by atoms with Gasteiger partial charge in [-0.15, -0.1) is 0 Å². The molecule has 164 valence electrons. The molecule has 2 N–H and O–H groups in total. The van der Waals surface area contributed by atoms with Crippen LogP contribution in [0.2, 0.25) is 0 Å². The first kappa shape index (κ1) is 22.5. The predicted octanol–water partition coefficient (Wildman–Crippen LogP) is 3.59. The molecule has 2 aromatic carbocycles. The van der Waals surface area contributed by atoms with E-state index in [4.69, 9.17) is 0 Å². The fourth-order valence-electron chi connectivity index (χ4n) is 3.65. The van der Waals surface area contributed by atoms with Crippen LogP contribution in [-0.4, -0.2) is 42.3 Å². The van der Waals surface area contributed by atoms with Gasteiger partial charge in [-0.3, -0.25) is 14.4 Å². The Hall–Kier alpha value is -3.15. The van der Waals surface area contributed by atoms with Gasteiger partial charge in [0.15, 0.2) is 0 Å². The van der Waals surface area contributed by atoms with Gasteiger partial charge in [0.05, 0.1) is 6.54 Å². The molecule has 6 nitrogen and oxygen atoms in total. The summed E-state index contributed by atoms with van der Waals surface area (Å²) >= 11 is 0. The van der Waals surface area contributed by atoms with E-state index in [0.29, 0.717) is 31.5 Å². The standard InChI is InChI=1S/C25H31N3O3/c1-25(2,3)20-11-9-18(10-12-20)23(30)26-17-22(29)28-15-13-19(14-16-28)24(31)27-21-7-5-4-6-8-21/h4-12,19H,13-17H2,1-3H3,(H,26,30)(H,27,31). The van der Waals surface area contributed by atoms with Crippen LogP contribution in [0.3, 0.4) is 0 Å². The van der Waals surface area contributed by atoms with Crippen LogP contribution in [-0.2, 0) is 15.0 Å². The van der Waals surface area contributed by atoms with Gasteiger partial charge < -0.3 is 15.5 Å². The number of likely N-dealkylation sites (tertiary alicyclic amines) is 1. The normalized spacial score (nSPS) is 14.7. The molecule has 0 unspecified atom stereocenters. The van der Waals surface area contributed by atoms with Crippen LogP contribution in [0.1, 0.15) is 49.5 Å². The van der Waals surface area contributed by atoms with Crippen LogP contribution in [0.15, 0.2) is 54.6 Å². The Morgan fingerprint density at radius 1 is 0.935 bits per heavy atom. The van der Waals surface area contributed by atoms with E-state index >= 15 is 0 Å². The summed E-state index contributed by atoms with van der Waals surface area (Å²) in [6, 6.07) is 16.8. The Morgan fingerprint density at radius 2 is 1.55 bits per heavy atom. The zero-order valence-electron chi connectivity index (χ0n) is 18.5. The minimum Gasteiger partial charge on any atom is -0.343 e. The van der Waals surface area contributed by atoms with Gasteiger partial charge in [-0.2, -0.15) is 0 Å². The first-order valence-electron chi connectivity index (χ1n) is 10.8. The first-order valence-corrected chi connectivity index (χ1v) is 10.8. The fourth-order valence-corrected chi connectivity index (χ4v) is 3.65. The number of rotatable bonds is 5. The fraction of sp³-hybridized carbons (Fsp3) is 0.400. The second-order valence-corrected chi connectivity index (χ2v) is 9.02. The molecule has 0 saturated carbocycles. The van der Waals surface area contributed by atoms with E-state index in [1.54, 1.807) is 17.0 Å². The highest BCUT2D eigenvalue weighted by molar-refractivity contribution is 5.96. The second kappa shape index (κ2) is 9.77. The summed E-state index contributed by atoms with van der Waals surface area (Å²) in [6.07, 6.45) is 1.24. The summed E-state index contributed by atoms with van der Waals surface area (Å²) in [7, 11) is 0. The molecule has 1 saturated heterocycles. The maximum atomic E-state index is 12.5. The van der Waals surface area contributed by atoms with Crippen LogP contribution in [0.25, 0.3) is 0 Å². The Morgan fingerprint density at radius 3 is 2.13 bits per heavy atom. The molecule has 6 heteroatoms. The Labute approximate surface area is 184 Å². The average Bonchev–Trinajstić information content (AvgIpc) is 2.77. The topological polar surface area (TPSA) is 78.5 Å². The molecule has 3 rings (SSSR count). The molecule has 1 fully saturated rings. The van der Waals surface area contributed by atoms with Crippen molar-refractivity contribution in [3.05, 3.63) is 65.7 Å². The Bertz CT molecular complexity index is 909. The molecule has 3 amide bonds. The number of para-hydroxylation sites is 1. The lowest BCUT2D eigenvalue weighted by molar-refractivity contribution is -0.133. The number of amides is 3. The van der Waals surface area contributed by atoms with E-state index in [1.165, 1.54) is 0 Å². The highest BCUT2D eigenvalue weighted by atomic mass is 16.2. The number of piperidine rings is 1. The monoisotopic (exact) mass is 421 g/mol. The van der Waals surface area contributed by atoms with Gasteiger partial charge in [-0.25, -0.2) is 0 Å². The first-order chi connectivity index (χ1) is 14.7. The number of carbonyl (C=O) groups excluding carboxylic acids is 3. The van der Waals surface area contributed by atoms with Crippen molar-refractivity contribution in [1.82, 2.24) is 10.2 Å². The molecule has 1 aliphatic heterocycles. The number of carbonyl (C=O) groups is 3. The quantitative estimate of drug-likeness (QED) is 0.774. The maximum Gasteiger partial charge on any atom is 0.251 e. The highest BCUT2D eigenvalue weighted by Crippen LogP contribution is 2.22. The van der Waals surface area contributed by atoms with Gasteiger partial charge in [0.2, 0.25) is 11.8 Å². The minimum atomic E-state index is -0.258.